The number of benzene rings is 3. The zero-order valence-electron chi connectivity index (χ0n) is 18.2. The Morgan fingerprint density at radius 1 is 0.970 bits per heavy atom. The summed E-state index contributed by atoms with van der Waals surface area (Å²) >= 11 is 0. The van der Waals surface area contributed by atoms with Crippen LogP contribution in [-0.2, 0) is 19.1 Å². The Morgan fingerprint density at radius 3 is 2.42 bits per heavy atom. The molecule has 0 bridgehead atoms. The molecule has 1 aromatic heterocycles. The van der Waals surface area contributed by atoms with Crippen molar-refractivity contribution >= 4 is 27.7 Å². The Morgan fingerprint density at radius 2 is 1.73 bits per heavy atom. The summed E-state index contributed by atoms with van der Waals surface area (Å²) in [6.07, 6.45) is -0.684. The maximum Gasteiger partial charge on any atom is 0.419 e. The van der Waals surface area contributed by atoms with Crippen molar-refractivity contribution in [3.05, 3.63) is 82.7 Å². The van der Waals surface area contributed by atoms with Crippen molar-refractivity contribution in [1.82, 2.24) is 4.57 Å². The van der Waals surface area contributed by atoms with Gasteiger partial charge in [-0.05, 0) is 54.3 Å². The van der Waals surface area contributed by atoms with Crippen LogP contribution >= 0.6 is 0 Å². The van der Waals surface area contributed by atoms with Gasteiger partial charge in [0.05, 0.1) is 11.1 Å². The molecule has 33 heavy (non-hydrogen) atoms. The van der Waals surface area contributed by atoms with E-state index in [9.17, 15) is 22.4 Å². The van der Waals surface area contributed by atoms with Crippen LogP contribution in [0.25, 0.3) is 21.8 Å². The molecular formula is C26H24F4N2O. The fourth-order valence-electron chi connectivity index (χ4n) is 4.37. The SMILES string of the molecule is CCCCCc1ccc2c3c(C(N)=O)cccc3n(Cc3ccc(F)c(C(F)(F)F)c3)c2c1. The van der Waals surface area contributed by atoms with Gasteiger partial charge in [-0.3, -0.25) is 4.79 Å². The van der Waals surface area contributed by atoms with Gasteiger partial charge in [-0.25, -0.2) is 4.39 Å². The lowest BCUT2D eigenvalue weighted by Gasteiger charge is -2.13. The van der Waals surface area contributed by atoms with Gasteiger partial charge in [-0.2, -0.15) is 13.2 Å². The number of carbonyl (C=O) groups is 1. The Bertz CT molecular complexity index is 1340. The van der Waals surface area contributed by atoms with Crippen molar-refractivity contribution in [3.8, 4) is 0 Å². The van der Waals surface area contributed by atoms with Crippen molar-refractivity contribution in [2.75, 3.05) is 0 Å². The Hall–Kier alpha value is -3.35. The number of carbonyl (C=O) groups excluding carboxylic acids is 1. The molecule has 172 valence electrons. The molecule has 4 rings (SSSR count). The highest BCUT2D eigenvalue weighted by atomic mass is 19.4. The van der Waals surface area contributed by atoms with Crippen LogP contribution in [0.2, 0.25) is 0 Å². The number of nitrogens with two attached hydrogens (primary N) is 1. The van der Waals surface area contributed by atoms with Crippen molar-refractivity contribution in [1.29, 1.82) is 0 Å². The third-order valence-corrected chi connectivity index (χ3v) is 5.97. The minimum Gasteiger partial charge on any atom is -0.366 e. The highest BCUT2D eigenvalue weighted by Gasteiger charge is 2.34. The number of alkyl halides is 3. The van der Waals surface area contributed by atoms with Crippen LogP contribution in [-0.4, -0.2) is 10.5 Å². The topological polar surface area (TPSA) is 48.0 Å². The second-order valence-corrected chi connectivity index (χ2v) is 8.27. The second kappa shape index (κ2) is 8.89. The van der Waals surface area contributed by atoms with Gasteiger partial charge in [0.2, 0.25) is 5.91 Å². The van der Waals surface area contributed by atoms with Crippen LogP contribution in [0.5, 0.6) is 0 Å². The molecule has 1 amide bonds. The first-order valence-electron chi connectivity index (χ1n) is 10.9. The number of rotatable bonds is 7. The van der Waals surface area contributed by atoms with Crippen LogP contribution in [0.4, 0.5) is 17.6 Å². The van der Waals surface area contributed by atoms with E-state index in [2.05, 4.69) is 6.92 Å². The number of aryl methyl sites for hydroxylation is 1. The predicted octanol–water partition coefficient (Wildman–Crippen LogP) is 6.83. The minimum absolute atomic E-state index is 0.0873. The second-order valence-electron chi connectivity index (χ2n) is 8.27. The normalized spacial score (nSPS) is 12.0. The molecule has 0 spiro atoms. The number of fused-ring (bicyclic) bond motifs is 3. The molecule has 0 atom stereocenters. The van der Waals surface area contributed by atoms with Crippen LogP contribution in [0.1, 0.15) is 53.2 Å². The van der Waals surface area contributed by atoms with E-state index in [0.29, 0.717) is 22.0 Å². The smallest absolute Gasteiger partial charge is 0.366 e. The lowest BCUT2D eigenvalue weighted by Crippen LogP contribution is -2.11. The number of aromatic nitrogens is 1. The molecule has 0 saturated carbocycles. The van der Waals surface area contributed by atoms with E-state index in [0.717, 1.165) is 54.3 Å². The van der Waals surface area contributed by atoms with E-state index in [1.54, 1.807) is 12.1 Å². The van der Waals surface area contributed by atoms with Gasteiger partial charge in [0.1, 0.15) is 5.82 Å². The summed E-state index contributed by atoms with van der Waals surface area (Å²) in [5.41, 5.74) is 7.57. The molecule has 7 heteroatoms. The third-order valence-electron chi connectivity index (χ3n) is 5.97. The van der Waals surface area contributed by atoms with E-state index >= 15 is 0 Å². The summed E-state index contributed by atoms with van der Waals surface area (Å²) in [7, 11) is 0. The molecule has 3 nitrogen and oxygen atoms in total. The molecule has 1 heterocycles. The Balaban J connectivity index is 1.91. The minimum atomic E-state index is -4.79. The molecule has 4 aromatic rings. The van der Waals surface area contributed by atoms with E-state index < -0.39 is 23.5 Å². The van der Waals surface area contributed by atoms with Crippen LogP contribution in [0.3, 0.4) is 0 Å². The number of amides is 1. The lowest BCUT2D eigenvalue weighted by atomic mass is 10.0. The monoisotopic (exact) mass is 456 g/mol. The summed E-state index contributed by atoms with van der Waals surface area (Å²) < 4.78 is 55.5. The average Bonchev–Trinajstić information content (AvgIpc) is 3.07. The lowest BCUT2D eigenvalue weighted by molar-refractivity contribution is -0.140. The molecule has 0 aliphatic carbocycles. The maximum atomic E-state index is 13.8. The quantitative estimate of drug-likeness (QED) is 0.240. The molecule has 0 aliphatic rings. The molecule has 0 radical (unpaired) electrons. The third kappa shape index (κ3) is 4.45. The standard InChI is InChI=1S/C26H24F4N2O/c1-2-3-4-6-16-9-11-18-23(14-16)32(22-8-5-7-19(24(18)22)25(31)33)15-17-10-12-21(27)20(13-17)26(28,29)30/h5,7-14H,2-4,6,15H2,1H3,(H2,31,33). The van der Waals surface area contributed by atoms with E-state index in [4.69, 9.17) is 5.73 Å². The van der Waals surface area contributed by atoms with Gasteiger partial charge in [-0.1, -0.05) is 44.0 Å². The van der Waals surface area contributed by atoms with Crippen LogP contribution < -0.4 is 5.73 Å². The average molecular weight is 456 g/mol. The van der Waals surface area contributed by atoms with Gasteiger partial charge in [0.15, 0.2) is 0 Å². The van der Waals surface area contributed by atoms with E-state index in [-0.39, 0.29) is 6.54 Å². The summed E-state index contributed by atoms with van der Waals surface area (Å²) in [6.45, 7) is 2.22. The summed E-state index contributed by atoms with van der Waals surface area (Å²) in [6, 6.07) is 14.2. The summed E-state index contributed by atoms with van der Waals surface area (Å²) in [5, 5.41) is 1.47. The molecule has 0 fully saturated rings. The van der Waals surface area contributed by atoms with Crippen LogP contribution in [0, 0.1) is 5.82 Å². The van der Waals surface area contributed by atoms with E-state index in [1.165, 1.54) is 6.07 Å². The van der Waals surface area contributed by atoms with Crippen molar-refractivity contribution < 1.29 is 22.4 Å². The van der Waals surface area contributed by atoms with Gasteiger partial charge in [0, 0.05) is 28.4 Å². The van der Waals surface area contributed by atoms with Crippen molar-refractivity contribution in [2.24, 2.45) is 5.73 Å². The molecule has 0 aliphatic heterocycles. The van der Waals surface area contributed by atoms with Gasteiger partial charge < -0.3 is 10.3 Å². The largest absolute Gasteiger partial charge is 0.419 e. The fraction of sp³-hybridized carbons (Fsp3) is 0.269. The summed E-state index contributed by atoms with van der Waals surface area (Å²) in [4.78, 5) is 12.1. The molecule has 3 aromatic carbocycles. The fourth-order valence-corrected chi connectivity index (χ4v) is 4.37. The zero-order valence-corrected chi connectivity index (χ0v) is 18.2. The number of hydrogen-bond acceptors (Lipinski definition) is 1. The van der Waals surface area contributed by atoms with Gasteiger partial charge in [0.25, 0.3) is 0 Å². The zero-order chi connectivity index (χ0) is 23.8. The number of hydrogen-bond donors (Lipinski definition) is 1. The number of nitrogens with zero attached hydrogens (tertiary/aromatic N) is 1. The van der Waals surface area contributed by atoms with E-state index in [1.807, 2.05) is 28.8 Å². The van der Waals surface area contributed by atoms with Gasteiger partial charge >= 0.3 is 6.18 Å². The Kier molecular flexibility index (Phi) is 6.15. The molecule has 2 N–H and O–H groups in total. The summed E-state index contributed by atoms with van der Waals surface area (Å²) in [5.74, 6) is -1.88. The first-order valence-corrected chi connectivity index (χ1v) is 10.9. The predicted molar refractivity (Wildman–Crippen MR) is 122 cm³/mol. The van der Waals surface area contributed by atoms with Gasteiger partial charge in [-0.15, -0.1) is 0 Å². The van der Waals surface area contributed by atoms with Crippen molar-refractivity contribution in [3.63, 3.8) is 0 Å². The highest BCUT2D eigenvalue weighted by Crippen LogP contribution is 2.35. The maximum absolute atomic E-state index is 13.8. The molecule has 0 saturated heterocycles. The molecular weight excluding hydrogens is 432 g/mol. The first-order chi connectivity index (χ1) is 15.7. The number of primary amides is 1. The number of unbranched alkanes of at least 4 members (excludes halogenated alkanes) is 2. The van der Waals surface area contributed by atoms with Crippen LogP contribution in [0.15, 0.2) is 54.6 Å². The number of halogens is 4. The van der Waals surface area contributed by atoms with Crippen molar-refractivity contribution in [2.45, 2.75) is 45.3 Å². The Labute approximate surface area is 188 Å². The highest BCUT2D eigenvalue weighted by molar-refractivity contribution is 6.18. The molecule has 0 unspecified atom stereocenters. The first kappa shape index (κ1) is 22.8.